The molecule has 30 heavy (non-hydrogen) atoms. The highest BCUT2D eigenvalue weighted by Gasteiger charge is 2.37. The SMILES string of the molecule is COc1ccc(C(=O)Nc2nc3c(s2)CCC3C(=O)N2CCc3ccccc32)cc1. The Morgan fingerprint density at radius 2 is 1.93 bits per heavy atom. The van der Waals surface area contributed by atoms with Crippen molar-refractivity contribution in [2.24, 2.45) is 0 Å². The van der Waals surface area contributed by atoms with Gasteiger partial charge in [-0.25, -0.2) is 4.98 Å². The van der Waals surface area contributed by atoms with Crippen molar-refractivity contribution in [1.29, 1.82) is 0 Å². The van der Waals surface area contributed by atoms with Gasteiger partial charge in [0.25, 0.3) is 5.91 Å². The molecule has 7 heteroatoms. The summed E-state index contributed by atoms with van der Waals surface area (Å²) in [6.45, 7) is 0.717. The summed E-state index contributed by atoms with van der Waals surface area (Å²) < 4.78 is 5.13. The largest absolute Gasteiger partial charge is 0.497 e. The number of carbonyl (C=O) groups excluding carboxylic acids is 2. The molecule has 0 fully saturated rings. The lowest BCUT2D eigenvalue weighted by molar-refractivity contribution is -0.120. The van der Waals surface area contributed by atoms with E-state index in [1.165, 1.54) is 16.9 Å². The minimum atomic E-state index is -0.242. The van der Waals surface area contributed by atoms with Gasteiger partial charge in [-0.2, -0.15) is 0 Å². The number of thiazole rings is 1. The van der Waals surface area contributed by atoms with Crippen molar-refractivity contribution in [2.75, 3.05) is 23.9 Å². The molecule has 152 valence electrons. The number of aryl methyl sites for hydroxylation is 1. The first-order valence-electron chi connectivity index (χ1n) is 9.98. The van der Waals surface area contributed by atoms with Gasteiger partial charge in [0, 0.05) is 22.7 Å². The Hall–Kier alpha value is -3.19. The number of methoxy groups -OCH3 is 1. The number of anilines is 2. The van der Waals surface area contributed by atoms with Crippen molar-refractivity contribution < 1.29 is 14.3 Å². The maximum atomic E-state index is 13.3. The fourth-order valence-electron chi connectivity index (χ4n) is 4.19. The molecule has 3 aromatic rings. The average Bonchev–Trinajstić information content (AvgIpc) is 3.47. The minimum Gasteiger partial charge on any atom is -0.497 e. The molecule has 0 saturated heterocycles. The predicted octanol–water partition coefficient (Wildman–Crippen LogP) is 4.02. The van der Waals surface area contributed by atoms with Gasteiger partial charge in [0.05, 0.1) is 18.7 Å². The van der Waals surface area contributed by atoms with Crippen LogP contribution >= 0.6 is 11.3 Å². The van der Waals surface area contributed by atoms with Gasteiger partial charge in [0.1, 0.15) is 5.75 Å². The van der Waals surface area contributed by atoms with E-state index in [1.807, 2.05) is 23.1 Å². The summed E-state index contributed by atoms with van der Waals surface area (Å²) in [7, 11) is 1.59. The van der Waals surface area contributed by atoms with Crippen LogP contribution in [0.3, 0.4) is 0 Å². The van der Waals surface area contributed by atoms with Gasteiger partial charge in [-0.1, -0.05) is 18.2 Å². The molecule has 0 spiro atoms. The van der Waals surface area contributed by atoms with Crippen LogP contribution in [0.25, 0.3) is 0 Å². The number of ether oxygens (including phenoxy) is 1. The molecule has 1 aliphatic heterocycles. The van der Waals surface area contributed by atoms with Gasteiger partial charge in [-0.3, -0.25) is 14.9 Å². The molecule has 1 unspecified atom stereocenters. The van der Waals surface area contributed by atoms with E-state index in [0.29, 0.717) is 16.4 Å². The summed E-state index contributed by atoms with van der Waals surface area (Å²) in [6, 6.07) is 15.0. The second-order valence-corrected chi connectivity index (χ2v) is 8.55. The average molecular weight is 420 g/mol. The first-order chi connectivity index (χ1) is 14.6. The quantitative estimate of drug-likeness (QED) is 0.693. The smallest absolute Gasteiger partial charge is 0.257 e. The van der Waals surface area contributed by atoms with Crippen molar-refractivity contribution >= 4 is 34.0 Å². The van der Waals surface area contributed by atoms with E-state index < -0.39 is 0 Å². The van der Waals surface area contributed by atoms with E-state index >= 15 is 0 Å². The van der Waals surface area contributed by atoms with E-state index in [9.17, 15) is 9.59 Å². The Morgan fingerprint density at radius 1 is 1.13 bits per heavy atom. The number of amides is 2. The molecule has 2 heterocycles. The zero-order chi connectivity index (χ0) is 20.7. The normalized spacial score (nSPS) is 16.8. The monoisotopic (exact) mass is 419 g/mol. The van der Waals surface area contributed by atoms with Crippen molar-refractivity contribution in [3.8, 4) is 5.75 Å². The molecule has 5 rings (SSSR count). The van der Waals surface area contributed by atoms with Gasteiger partial charge >= 0.3 is 0 Å². The van der Waals surface area contributed by atoms with E-state index in [4.69, 9.17) is 4.74 Å². The van der Waals surface area contributed by atoms with Crippen LogP contribution in [0, 0.1) is 0 Å². The Labute approximate surface area is 178 Å². The van der Waals surface area contributed by atoms with E-state index in [2.05, 4.69) is 16.4 Å². The Kier molecular flexibility index (Phi) is 4.75. The number of rotatable bonds is 4. The number of nitrogens with one attached hydrogen (secondary N) is 1. The fraction of sp³-hybridized carbons (Fsp3) is 0.261. The van der Waals surface area contributed by atoms with Crippen molar-refractivity contribution in [3.63, 3.8) is 0 Å². The Bertz CT molecular complexity index is 1120. The second kappa shape index (κ2) is 7.57. The highest BCUT2D eigenvalue weighted by molar-refractivity contribution is 7.16. The number of carbonyl (C=O) groups is 2. The molecule has 1 aliphatic carbocycles. The molecule has 1 atom stereocenters. The number of hydrogen-bond acceptors (Lipinski definition) is 5. The number of para-hydroxylation sites is 1. The zero-order valence-corrected chi connectivity index (χ0v) is 17.4. The first kappa shape index (κ1) is 18.8. The van der Waals surface area contributed by atoms with Crippen LogP contribution < -0.4 is 15.0 Å². The summed E-state index contributed by atoms with van der Waals surface area (Å²) in [5.41, 5.74) is 3.58. The van der Waals surface area contributed by atoms with Gasteiger partial charge in [0.15, 0.2) is 5.13 Å². The highest BCUT2D eigenvalue weighted by Crippen LogP contribution is 2.41. The number of fused-ring (bicyclic) bond motifs is 2. The van der Waals surface area contributed by atoms with Gasteiger partial charge < -0.3 is 9.64 Å². The molecular weight excluding hydrogens is 398 g/mol. The van der Waals surface area contributed by atoms with Crippen LogP contribution in [-0.4, -0.2) is 30.5 Å². The lowest BCUT2D eigenvalue weighted by atomic mass is 10.1. The summed E-state index contributed by atoms with van der Waals surface area (Å²) >= 11 is 1.46. The number of hydrogen-bond donors (Lipinski definition) is 1. The fourth-order valence-corrected chi connectivity index (χ4v) is 5.22. The van der Waals surface area contributed by atoms with Crippen molar-refractivity contribution in [3.05, 3.63) is 70.2 Å². The van der Waals surface area contributed by atoms with E-state index in [0.717, 1.165) is 42.1 Å². The molecule has 2 aromatic carbocycles. The lowest BCUT2D eigenvalue weighted by Crippen LogP contribution is -2.33. The zero-order valence-electron chi connectivity index (χ0n) is 16.6. The van der Waals surface area contributed by atoms with Crippen LogP contribution in [0.5, 0.6) is 5.75 Å². The van der Waals surface area contributed by atoms with E-state index in [1.54, 1.807) is 31.4 Å². The molecule has 0 bridgehead atoms. The van der Waals surface area contributed by atoms with E-state index in [-0.39, 0.29) is 17.7 Å². The predicted molar refractivity (Wildman–Crippen MR) is 117 cm³/mol. The van der Waals surface area contributed by atoms with Gasteiger partial charge in [-0.05, 0) is 55.2 Å². The highest BCUT2D eigenvalue weighted by atomic mass is 32.1. The minimum absolute atomic E-state index is 0.108. The maximum Gasteiger partial charge on any atom is 0.257 e. The van der Waals surface area contributed by atoms with Crippen molar-refractivity contribution in [1.82, 2.24) is 4.98 Å². The summed E-state index contributed by atoms with van der Waals surface area (Å²) in [4.78, 5) is 33.4. The third-order valence-corrected chi connectivity index (χ3v) is 6.79. The number of nitrogens with zero attached hydrogens (tertiary/aromatic N) is 2. The molecule has 0 radical (unpaired) electrons. The van der Waals surface area contributed by atoms with Gasteiger partial charge in [0.2, 0.25) is 5.91 Å². The van der Waals surface area contributed by atoms with Crippen LogP contribution in [0.1, 0.15) is 38.8 Å². The van der Waals surface area contributed by atoms with Crippen LogP contribution in [0.4, 0.5) is 10.8 Å². The van der Waals surface area contributed by atoms with Crippen LogP contribution in [-0.2, 0) is 17.6 Å². The van der Waals surface area contributed by atoms with Crippen LogP contribution in [0.2, 0.25) is 0 Å². The Balaban J connectivity index is 1.33. The number of aromatic nitrogens is 1. The maximum absolute atomic E-state index is 13.3. The standard InChI is InChI=1S/C23H21N3O3S/c1-29-16-8-6-15(7-9-16)21(27)25-23-24-20-17(10-11-19(20)30-23)22(28)26-13-12-14-4-2-3-5-18(14)26/h2-9,17H,10-13H2,1H3,(H,24,25,27). The second-order valence-electron chi connectivity index (χ2n) is 7.47. The summed E-state index contributed by atoms with van der Waals surface area (Å²) in [6.07, 6.45) is 2.48. The molecule has 1 aromatic heterocycles. The Morgan fingerprint density at radius 3 is 2.73 bits per heavy atom. The molecule has 6 nitrogen and oxygen atoms in total. The molecule has 1 N–H and O–H groups in total. The van der Waals surface area contributed by atoms with Crippen molar-refractivity contribution in [2.45, 2.75) is 25.2 Å². The van der Waals surface area contributed by atoms with Gasteiger partial charge in [-0.15, -0.1) is 11.3 Å². The first-order valence-corrected chi connectivity index (χ1v) is 10.8. The third kappa shape index (κ3) is 3.25. The molecule has 0 saturated carbocycles. The molecule has 2 aliphatic rings. The summed E-state index contributed by atoms with van der Waals surface area (Å²) in [5, 5.41) is 3.41. The number of benzene rings is 2. The molecular formula is C23H21N3O3S. The third-order valence-electron chi connectivity index (χ3n) is 5.74. The summed E-state index contributed by atoms with van der Waals surface area (Å²) in [5.74, 6) is 0.345. The lowest BCUT2D eigenvalue weighted by Gasteiger charge is -2.21. The van der Waals surface area contributed by atoms with Crippen LogP contribution in [0.15, 0.2) is 48.5 Å². The molecule has 2 amide bonds. The topological polar surface area (TPSA) is 71.5 Å².